The quantitative estimate of drug-likeness (QED) is 0.285. The predicted octanol–water partition coefficient (Wildman–Crippen LogP) is 3.28. The Morgan fingerprint density at radius 3 is 2.62 bits per heavy atom. The molecule has 2 rings (SSSR count). The molecule has 0 aromatic carbocycles. The number of allylic oxidation sites excluding steroid dienone is 4. The lowest BCUT2D eigenvalue weighted by molar-refractivity contribution is -0.165. The van der Waals surface area contributed by atoms with Gasteiger partial charge in [-0.1, -0.05) is 49.0 Å². The molecule has 1 fully saturated rings. The lowest BCUT2D eigenvalue weighted by atomic mass is 9.56. The summed E-state index contributed by atoms with van der Waals surface area (Å²) < 4.78 is 5.81. The van der Waals surface area contributed by atoms with Gasteiger partial charge in [0.1, 0.15) is 6.10 Å². The average Bonchev–Trinajstić information content (AvgIpc) is 2.74. The molecule has 0 aromatic heterocycles. The van der Waals surface area contributed by atoms with Gasteiger partial charge >= 0.3 is 5.97 Å². The molecule has 0 saturated heterocycles. The van der Waals surface area contributed by atoms with Gasteiger partial charge in [0.15, 0.2) is 5.78 Å². The third kappa shape index (κ3) is 5.85. The van der Waals surface area contributed by atoms with Gasteiger partial charge in [-0.3, -0.25) is 9.59 Å². The van der Waals surface area contributed by atoms with E-state index in [-0.39, 0.29) is 24.2 Å². The number of aliphatic hydroxyl groups is 3. The Hall–Kier alpha value is -2.02. The number of ketones is 1. The monoisotopic (exact) mass is 446 g/mol. The number of hydrogen-bond donors (Lipinski definition) is 3. The minimum Gasteiger partial charge on any atom is -0.462 e. The largest absolute Gasteiger partial charge is 0.462 e. The molecule has 0 amide bonds. The highest BCUT2D eigenvalue weighted by atomic mass is 16.5. The highest BCUT2D eigenvalue weighted by Gasteiger charge is 2.51. The van der Waals surface area contributed by atoms with Crippen LogP contribution in [0.4, 0.5) is 0 Å². The fourth-order valence-corrected chi connectivity index (χ4v) is 4.70. The summed E-state index contributed by atoms with van der Waals surface area (Å²) in [6.45, 7) is 10.9. The molecular weight excluding hydrogens is 408 g/mol. The normalized spacial score (nSPS) is 31.2. The van der Waals surface area contributed by atoms with Crippen molar-refractivity contribution >= 4 is 11.8 Å². The fourth-order valence-electron chi connectivity index (χ4n) is 4.70. The number of carbonyl (C=O) groups is 2. The standard InChI is InChI=1S/C26H38O6/c1-16(2)21-14-26(15-27)19(5)24(12-11-20(26)13-23(21)30)32-25(31)18(4)22(29)10-8-6-7-9-17(3)28/h6-8,10,13,17-19,21-22,24,27-29H,1,9,11-12,14-15H2,2-5H3/b7-6+,10-8+/t17?,18?,19-,21-,22?,24+,26-/m0/s1. The number of aliphatic hydroxyl groups excluding tert-OH is 3. The van der Waals surface area contributed by atoms with Crippen LogP contribution in [0.15, 0.2) is 48.1 Å². The zero-order valence-corrected chi connectivity index (χ0v) is 19.7. The Bertz CT molecular complexity index is 792. The van der Waals surface area contributed by atoms with Crippen LogP contribution >= 0.6 is 0 Å². The number of fused-ring (bicyclic) bond motifs is 1. The first-order chi connectivity index (χ1) is 15.0. The van der Waals surface area contributed by atoms with Crippen molar-refractivity contribution in [1.29, 1.82) is 0 Å². The number of esters is 1. The van der Waals surface area contributed by atoms with Crippen LogP contribution < -0.4 is 0 Å². The second-order valence-corrected chi connectivity index (χ2v) is 9.47. The Kier molecular flexibility index (Phi) is 9.19. The lowest BCUT2D eigenvalue weighted by Gasteiger charge is -2.50. The second kappa shape index (κ2) is 11.2. The molecule has 0 spiro atoms. The third-order valence-corrected chi connectivity index (χ3v) is 7.06. The number of carbonyl (C=O) groups excluding carboxylic acids is 2. The predicted molar refractivity (Wildman–Crippen MR) is 124 cm³/mol. The average molecular weight is 447 g/mol. The zero-order chi connectivity index (χ0) is 24.1. The summed E-state index contributed by atoms with van der Waals surface area (Å²) in [7, 11) is 0. The molecule has 178 valence electrons. The maximum Gasteiger partial charge on any atom is 0.311 e. The number of hydrogen-bond acceptors (Lipinski definition) is 6. The highest BCUT2D eigenvalue weighted by Crippen LogP contribution is 2.53. The molecule has 3 N–H and O–H groups in total. The fraction of sp³-hybridized carbons (Fsp3) is 0.615. The van der Waals surface area contributed by atoms with Crippen LogP contribution in [0.3, 0.4) is 0 Å². The van der Waals surface area contributed by atoms with E-state index in [2.05, 4.69) is 6.58 Å². The van der Waals surface area contributed by atoms with Gasteiger partial charge in [-0.25, -0.2) is 0 Å². The topological polar surface area (TPSA) is 104 Å². The number of ether oxygens (including phenoxy) is 1. The summed E-state index contributed by atoms with van der Waals surface area (Å²) in [6.07, 6.45) is 8.65. The van der Waals surface area contributed by atoms with Gasteiger partial charge in [-0.2, -0.15) is 0 Å². The first-order valence-corrected chi connectivity index (χ1v) is 11.4. The van der Waals surface area contributed by atoms with Crippen molar-refractivity contribution in [2.45, 2.75) is 71.7 Å². The minimum absolute atomic E-state index is 0.0326. The SMILES string of the molecule is C=C(C)[C@@H]1C[C@@]2(CO)C(=CC1=O)CC[C@@H](OC(=O)C(C)C(O)/C=C/C=C/CC(C)O)[C@@H]2C. The first kappa shape index (κ1) is 26.2. The van der Waals surface area contributed by atoms with Crippen molar-refractivity contribution < 1.29 is 29.6 Å². The maximum absolute atomic E-state index is 12.7. The van der Waals surface area contributed by atoms with Crippen molar-refractivity contribution in [3.63, 3.8) is 0 Å². The van der Waals surface area contributed by atoms with E-state index in [1.807, 2.05) is 13.8 Å². The van der Waals surface area contributed by atoms with E-state index < -0.39 is 35.6 Å². The molecule has 7 atom stereocenters. The smallest absolute Gasteiger partial charge is 0.311 e. The van der Waals surface area contributed by atoms with Gasteiger partial charge in [0.25, 0.3) is 0 Å². The molecule has 6 nitrogen and oxygen atoms in total. The van der Waals surface area contributed by atoms with Crippen molar-refractivity contribution in [2.24, 2.45) is 23.2 Å². The van der Waals surface area contributed by atoms with Crippen LogP contribution in [-0.4, -0.2) is 52.0 Å². The summed E-state index contributed by atoms with van der Waals surface area (Å²) in [5.74, 6) is -1.71. The molecule has 0 bridgehead atoms. The second-order valence-electron chi connectivity index (χ2n) is 9.47. The molecule has 3 unspecified atom stereocenters. The third-order valence-electron chi connectivity index (χ3n) is 7.06. The summed E-state index contributed by atoms with van der Waals surface area (Å²) in [6, 6.07) is 0. The van der Waals surface area contributed by atoms with Crippen LogP contribution in [0.5, 0.6) is 0 Å². The van der Waals surface area contributed by atoms with Crippen molar-refractivity contribution in [1.82, 2.24) is 0 Å². The molecular formula is C26H38O6. The van der Waals surface area contributed by atoms with Crippen LogP contribution in [0.1, 0.15) is 53.4 Å². The van der Waals surface area contributed by atoms with Crippen LogP contribution in [-0.2, 0) is 14.3 Å². The van der Waals surface area contributed by atoms with Crippen LogP contribution in [0.25, 0.3) is 0 Å². The maximum atomic E-state index is 12.7. The zero-order valence-electron chi connectivity index (χ0n) is 19.7. The molecule has 0 aromatic rings. The first-order valence-electron chi connectivity index (χ1n) is 11.4. The number of rotatable bonds is 9. The lowest BCUT2D eigenvalue weighted by Crippen LogP contribution is -2.50. The van der Waals surface area contributed by atoms with Crippen molar-refractivity contribution in [3.05, 3.63) is 48.1 Å². The Morgan fingerprint density at radius 1 is 1.34 bits per heavy atom. The van der Waals surface area contributed by atoms with E-state index in [9.17, 15) is 24.9 Å². The van der Waals surface area contributed by atoms with E-state index in [0.29, 0.717) is 25.7 Å². The van der Waals surface area contributed by atoms with Crippen LogP contribution in [0.2, 0.25) is 0 Å². The highest BCUT2D eigenvalue weighted by molar-refractivity contribution is 5.95. The van der Waals surface area contributed by atoms with Crippen molar-refractivity contribution in [2.75, 3.05) is 6.61 Å². The molecule has 1 saturated carbocycles. The van der Waals surface area contributed by atoms with Gasteiger partial charge in [0.05, 0.1) is 24.7 Å². The van der Waals surface area contributed by atoms with Gasteiger partial charge in [0, 0.05) is 17.3 Å². The Balaban J connectivity index is 2.07. The summed E-state index contributed by atoms with van der Waals surface area (Å²) >= 11 is 0. The molecule has 0 radical (unpaired) electrons. The summed E-state index contributed by atoms with van der Waals surface area (Å²) in [4.78, 5) is 25.2. The molecule has 0 heterocycles. The molecule has 2 aliphatic rings. The van der Waals surface area contributed by atoms with E-state index in [1.165, 1.54) is 6.08 Å². The van der Waals surface area contributed by atoms with E-state index in [1.54, 1.807) is 38.2 Å². The van der Waals surface area contributed by atoms with E-state index >= 15 is 0 Å². The van der Waals surface area contributed by atoms with E-state index in [0.717, 1.165) is 11.1 Å². The van der Waals surface area contributed by atoms with Gasteiger partial charge in [-0.15, -0.1) is 0 Å². The Morgan fingerprint density at radius 2 is 2.03 bits per heavy atom. The van der Waals surface area contributed by atoms with Gasteiger partial charge < -0.3 is 20.1 Å². The molecule has 0 aliphatic heterocycles. The van der Waals surface area contributed by atoms with Gasteiger partial charge in [-0.05, 0) is 52.5 Å². The summed E-state index contributed by atoms with van der Waals surface area (Å²) in [5, 5.41) is 29.9. The van der Waals surface area contributed by atoms with Crippen molar-refractivity contribution in [3.8, 4) is 0 Å². The minimum atomic E-state index is -1.00. The van der Waals surface area contributed by atoms with E-state index in [4.69, 9.17) is 4.74 Å². The Labute approximate surface area is 191 Å². The molecule has 6 heteroatoms. The van der Waals surface area contributed by atoms with Gasteiger partial charge in [0.2, 0.25) is 0 Å². The molecule has 32 heavy (non-hydrogen) atoms. The molecule has 2 aliphatic carbocycles. The summed E-state index contributed by atoms with van der Waals surface area (Å²) in [5.41, 5.74) is 1.09. The van der Waals surface area contributed by atoms with Crippen LogP contribution in [0, 0.1) is 23.2 Å².